The fourth-order valence-corrected chi connectivity index (χ4v) is 6.87. The number of β-amino-alcohol motifs (C(OH)–C–C–N with tert-alkyl or cyclic N) is 1. The summed E-state index contributed by atoms with van der Waals surface area (Å²) in [7, 11) is 3.13. The third kappa shape index (κ3) is 10.4. The number of fused-ring (bicyclic) bond motifs is 2. The van der Waals surface area contributed by atoms with Gasteiger partial charge in [-0.25, -0.2) is 4.98 Å². The molecule has 5 aromatic rings. The van der Waals surface area contributed by atoms with Crippen LogP contribution in [0.1, 0.15) is 32.9 Å². The Morgan fingerprint density at radius 2 is 1.54 bits per heavy atom. The van der Waals surface area contributed by atoms with Crippen LogP contribution in [0.2, 0.25) is 10.0 Å². The van der Waals surface area contributed by atoms with Crippen molar-refractivity contribution < 1.29 is 29.0 Å². The third-order valence-corrected chi connectivity index (χ3v) is 10.3. The minimum atomic E-state index is -1.30. The van der Waals surface area contributed by atoms with Gasteiger partial charge in [-0.3, -0.25) is 19.3 Å². The van der Waals surface area contributed by atoms with Crippen molar-refractivity contribution in [2.24, 2.45) is 0 Å². The van der Waals surface area contributed by atoms with Crippen molar-refractivity contribution in [3.8, 4) is 22.6 Å². The lowest BCUT2D eigenvalue weighted by Gasteiger charge is -2.33. The van der Waals surface area contributed by atoms with E-state index in [9.17, 15) is 19.5 Å². The van der Waals surface area contributed by atoms with Crippen molar-refractivity contribution >= 4 is 40.9 Å². The number of aromatic nitrogens is 1. The molecule has 1 aliphatic rings. The van der Waals surface area contributed by atoms with Gasteiger partial charge in [0.2, 0.25) is 11.8 Å². The number of hydrogen-bond donors (Lipinski definition) is 2. The number of ether oxygens (including phenoxy) is 2. The second-order valence-electron chi connectivity index (χ2n) is 13.4. The molecule has 0 saturated carbocycles. The molecule has 11 nitrogen and oxygen atoms in total. The summed E-state index contributed by atoms with van der Waals surface area (Å²) in [5, 5.41) is 15.4. The second kappa shape index (κ2) is 18.9. The lowest BCUT2D eigenvalue weighted by atomic mass is 10.0. The number of hydrogen-bond acceptors (Lipinski definition) is 8. The Labute approximate surface area is 336 Å². The van der Waals surface area contributed by atoms with Crippen LogP contribution in [0.4, 0.5) is 0 Å². The molecule has 0 saturated heterocycles. The number of rotatable bonds is 10. The molecule has 1 unspecified atom stereocenters. The molecule has 56 heavy (non-hydrogen) atoms. The van der Waals surface area contributed by atoms with Crippen LogP contribution in [-0.4, -0.2) is 89.1 Å². The number of carbonyl (C=O) groups is 3. The summed E-state index contributed by atoms with van der Waals surface area (Å²) in [5.74, 6) is -0.0361. The zero-order valence-electron chi connectivity index (χ0n) is 31.2. The Balaban J connectivity index is 1.37. The zero-order valence-corrected chi connectivity index (χ0v) is 32.7. The maximum atomic E-state index is 14.6. The van der Waals surface area contributed by atoms with Gasteiger partial charge in [-0.2, -0.15) is 0 Å². The van der Waals surface area contributed by atoms with Gasteiger partial charge < -0.3 is 29.7 Å². The lowest BCUT2D eigenvalue weighted by molar-refractivity contribution is -0.137. The lowest BCUT2D eigenvalue weighted by Crippen LogP contribution is -2.51. The number of aliphatic hydroxyl groups is 1. The minimum Gasteiger partial charge on any atom is -0.497 e. The largest absolute Gasteiger partial charge is 0.497 e. The summed E-state index contributed by atoms with van der Waals surface area (Å²) in [6.45, 7) is -0.293. The SMILES string of the molecule is COc1ccc(OC)c(CCN2CC(O)N(Cc3ccc(Cl)c(Cl)c3)CC(=O)NCc3cccc(n3)C(=O)N(Cc3cccc(-c4ccccc4)c3)CC2=O)c1. The van der Waals surface area contributed by atoms with Gasteiger partial charge in [-0.15, -0.1) is 0 Å². The molecule has 3 amide bonds. The van der Waals surface area contributed by atoms with Gasteiger partial charge in [-0.05, 0) is 82.8 Å². The molecule has 0 spiro atoms. The zero-order chi connectivity index (χ0) is 39.6. The molecule has 0 fully saturated rings. The van der Waals surface area contributed by atoms with Gasteiger partial charge in [0.05, 0.1) is 49.6 Å². The molecule has 2 heterocycles. The van der Waals surface area contributed by atoms with Gasteiger partial charge in [0, 0.05) is 19.6 Å². The molecule has 1 atom stereocenters. The standard InChI is InChI=1S/C43H43Cl2N5O6/c1-55-35-15-17-39(56-2)33(22-35)18-19-48-27-42(53)49(24-30-14-16-36(44)37(45)21-30)26-40(51)46-23-34-12-7-13-38(47-34)43(54)50(28-41(48)52)25-29-8-6-11-32(20-29)31-9-4-3-5-10-31/h3-17,20-22,42,53H,18-19,23-28H2,1-2H3,(H,46,51). The van der Waals surface area contributed by atoms with Crippen molar-refractivity contribution in [1.82, 2.24) is 25.0 Å². The molecular weight excluding hydrogens is 753 g/mol. The van der Waals surface area contributed by atoms with Crippen molar-refractivity contribution in [3.05, 3.63) is 147 Å². The van der Waals surface area contributed by atoms with E-state index in [0.717, 1.165) is 22.3 Å². The summed E-state index contributed by atoms with van der Waals surface area (Å²) < 4.78 is 11.1. The molecule has 0 aliphatic carbocycles. The number of carbonyl (C=O) groups excluding carboxylic acids is 3. The predicted molar refractivity (Wildman–Crippen MR) is 215 cm³/mol. The number of nitrogens with zero attached hydrogens (tertiary/aromatic N) is 4. The topological polar surface area (TPSA) is 125 Å². The predicted octanol–water partition coefficient (Wildman–Crippen LogP) is 6.24. The molecule has 290 valence electrons. The molecule has 13 heteroatoms. The van der Waals surface area contributed by atoms with E-state index < -0.39 is 23.9 Å². The summed E-state index contributed by atoms with van der Waals surface area (Å²) in [6, 6.07) is 33.2. The fourth-order valence-electron chi connectivity index (χ4n) is 6.55. The van der Waals surface area contributed by atoms with Crippen molar-refractivity contribution in [2.45, 2.75) is 32.3 Å². The number of benzene rings is 4. The summed E-state index contributed by atoms with van der Waals surface area (Å²) >= 11 is 12.5. The highest BCUT2D eigenvalue weighted by atomic mass is 35.5. The Hall–Kier alpha value is -5.46. The summed E-state index contributed by atoms with van der Waals surface area (Å²) in [5.41, 5.74) is 4.87. The average Bonchev–Trinajstić information content (AvgIpc) is 3.22. The Bertz CT molecular complexity index is 2170. The number of halogens is 2. The molecular formula is C43H43Cl2N5O6. The first-order chi connectivity index (χ1) is 27.1. The van der Waals surface area contributed by atoms with Crippen LogP contribution in [0.5, 0.6) is 11.5 Å². The normalized spacial score (nSPS) is 15.9. The van der Waals surface area contributed by atoms with Crippen LogP contribution in [0.25, 0.3) is 11.1 Å². The number of amides is 3. The number of methoxy groups -OCH3 is 2. The highest BCUT2D eigenvalue weighted by molar-refractivity contribution is 6.42. The smallest absolute Gasteiger partial charge is 0.273 e. The first kappa shape index (κ1) is 40.2. The van der Waals surface area contributed by atoms with Crippen LogP contribution >= 0.6 is 23.2 Å². The Morgan fingerprint density at radius 1 is 0.768 bits per heavy atom. The number of nitrogens with one attached hydrogen (secondary N) is 1. The summed E-state index contributed by atoms with van der Waals surface area (Å²) in [6.07, 6.45) is -0.967. The van der Waals surface area contributed by atoms with Crippen molar-refractivity contribution in [1.29, 1.82) is 0 Å². The van der Waals surface area contributed by atoms with E-state index in [2.05, 4.69) is 10.3 Å². The molecule has 6 rings (SSSR count). The minimum absolute atomic E-state index is 0.0449. The van der Waals surface area contributed by atoms with E-state index in [4.69, 9.17) is 32.7 Å². The molecule has 2 N–H and O–H groups in total. The summed E-state index contributed by atoms with van der Waals surface area (Å²) in [4.78, 5) is 51.4. The van der Waals surface area contributed by atoms with E-state index in [1.807, 2.05) is 60.7 Å². The molecule has 1 aliphatic heterocycles. The molecule has 0 radical (unpaired) electrons. The highest BCUT2D eigenvalue weighted by Crippen LogP contribution is 2.27. The maximum Gasteiger partial charge on any atom is 0.273 e. The van der Waals surface area contributed by atoms with Crippen LogP contribution < -0.4 is 14.8 Å². The highest BCUT2D eigenvalue weighted by Gasteiger charge is 2.29. The van der Waals surface area contributed by atoms with Crippen LogP contribution in [-0.2, 0) is 35.6 Å². The molecule has 4 aromatic carbocycles. The van der Waals surface area contributed by atoms with Gasteiger partial charge in [0.1, 0.15) is 30.0 Å². The average molecular weight is 797 g/mol. The van der Waals surface area contributed by atoms with E-state index in [-0.39, 0.29) is 51.5 Å². The quantitative estimate of drug-likeness (QED) is 0.171. The first-order valence-corrected chi connectivity index (χ1v) is 18.9. The second-order valence-corrected chi connectivity index (χ2v) is 14.2. The maximum absolute atomic E-state index is 14.6. The van der Waals surface area contributed by atoms with Gasteiger partial charge in [0.15, 0.2) is 0 Å². The van der Waals surface area contributed by atoms with Gasteiger partial charge in [0.25, 0.3) is 5.91 Å². The van der Waals surface area contributed by atoms with Crippen molar-refractivity contribution in [2.75, 3.05) is 40.4 Å². The van der Waals surface area contributed by atoms with Crippen molar-refractivity contribution in [3.63, 3.8) is 0 Å². The Morgan fingerprint density at radius 3 is 2.30 bits per heavy atom. The van der Waals surface area contributed by atoms with Gasteiger partial charge in [-0.1, -0.05) is 83.9 Å². The van der Waals surface area contributed by atoms with E-state index in [1.54, 1.807) is 67.7 Å². The van der Waals surface area contributed by atoms with Crippen LogP contribution in [0.3, 0.4) is 0 Å². The molecule has 2 bridgehead atoms. The third-order valence-electron chi connectivity index (χ3n) is 9.53. The van der Waals surface area contributed by atoms with E-state index in [0.29, 0.717) is 39.2 Å². The van der Waals surface area contributed by atoms with Crippen LogP contribution in [0, 0.1) is 0 Å². The van der Waals surface area contributed by atoms with E-state index >= 15 is 0 Å². The van der Waals surface area contributed by atoms with Gasteiger partial charge >= 0.3 is 0 Å². The monoisotopic (exact) mass is 795 g/mol. The molecule has 1 aromatic heterocycles. The van der Waals surface area contributed by atoms with Crippen LogP contribution in [0.15, 0.2) is 109 Å². The number of aliphatic hydroxyl groups excluding tert-OH is 1. The first-order valence-electron chi connectivity index (χ1n) is 18.1. The Kier molecular flexibility index (Phi) is 13.6. The van der Waals surface area contributed by atoms with E-state index in [1.165, 1.54) is 9.80 Å². The number of pyridine rings is 1. The fraction of sp³-hybridized carbons (Fsp3) is 0.256.